The standard InChI is InChI=1S/C14H27NO2S/c1-10(2)11-4-5-14(15-3)13(8-11)12-6-7-18(16,17)9-12/h10-15H,4-9H2,1-3H3. The van der Waals surface area contributed by atoms with Crippen LogP contribution < -0.4 is 5.32 Å². The molecule has 3 nitrogen and oxygen atoms in total. The van der Waals surface area contributed by atoms with Gasteiger partial charge in [0, 0.05) is 6.04 Å². The number of rotatable bonds is 3. The van der Waals surface area contributed by atoms with E-state index in [9.17, 15) is 8.42 Å². The van der Waals surface area contributed by atoms with Crippen LogP contribution in [0.3, 0.4) is 0 Å². The molecule has 0 aromatic carbocycles. The van der Waals surface area contributed by atoms with Gasteiger partial charge < -0.3 is 5.32 Å². The van der Waals surface area contributed by atoms with Crippen LogP contribution in [0.2, 0.25) is 0 Å². The van der Waals surface area contributed by atoms with E-state index in [0.717, 1.165) is 18.3 Å². The summed E-state index contributed by atoms with van der Waals surface area (Å²) in [6.45, 7) is 4.60. The Hall–Kier alpha value is -0.0900. The quantitative estimate of drug-likeness (QED) is 0.856. The fourth-order valence-electron chi connectivity index (χ4n) is 3.89. The van der Waals surface area contributed by atoms with Crippen molar-refractivity contribution in [3.8, 4) is 0 Å². The molecule has 4 unspecified atom stereocenters. The Morgan fingerprint density at radius 2 is 1.89 bits per heavy atom. The summed E-state index contributed by atoms with van der Waals surface area (Å²) >= 11 is 0. The monoisotopic (exact) mass is 273 g/mol. The van der Waals surface area contributed by atoms with E-state index in [2.05, 4.69) is 19.2 Å². The molecule has 0 aromatic heterocycles. The summed E-state index contributed by atoms with van der Waals surface area (Å²) in [6, 6.07) is 0.526. The smallest absolute Gasteiger partial charge is 0.150 e. The third-order valence-electron chi connectivity index (χ3n) is 5.13. The summed E-state index contributed by atoms with van der Waals surface area (Å²) in [7, 11) is -0.717. The van der Waals surface area contributed by atoms with Crippen LogP contribution in [-0.4, -0.2) is 33.0 Å². The molecule has 0 bridgehead atoms. The van der Waals surface area contributed by atoms with Crippen LogP contribution in [0.5, 0.6) is 0 Å². The highest BCUT2D eigenvalue weighted by molar-refractivity contribution is 7.91. The fourth-order valence-corrected chi connectivity index (χ4v) is 5.78. The van der Waals surface area contributed by atoms with Crippen molar-refractivity contribution in [2.45, 2.75) is 45.6 Å². The number of hydrogen-bond acceptors (Lipinski definition) is 3. The Morgan fingerprint density at radius 1 is 1.17 bits per heavy atom. The summed E-state index contributed by atoms with van der Waals surface area (Å²) in [5, 5.41) is 3.42. The highest BCUT2D eigenvalue weighted by atomic mass is 32.2. The van der Waals surface area contributed by atoms with Crippen LogP contribution in [0.25, 0.3) is 0 Å². The molecule has 1 N–H and O–H groups in total. The predicted molar refractivity (Wildman–Crippen MR) is 75.3 cm³/mol. The van der Waals surface area contributed by atoms with E-state index in [1.807, 2.05) is 7.05 Å². The molecule has 4 heteroatoms. The lowest BCUT2D eigenvalue weighted by Gasteiger charge is -2.40. The molecule has 0 amide bonds. The van der Waals surface area contributed by atoms with Crippen molar-refractivity contribution in [1.82, 2.24) is 5.32 Å². The maximum atomic E-state index is 11.7. The van der Waals surface area contributed by atoms with Crippen molar-refractivity contribution in [3.63, 3.8) is 0 Å². The lowest BCUT2D eigenvalue weighted by molar-refractivity contribution is 0.133. The largest absolute Gasteiger partial charge is 0.317 e. The minimum atomic E-state index is -2.74. The van der Waals surface area contributed by atoms with Crippen molar-refractivity contribution in [3.05, 3.63) is 0 Å². The Morgan fingerprint density at radius 3 is 2.39 bits per heavy atom. The van der Waals surface area contributed by atoms with Gasteiger partial charge in [0.25, 0.3) is 0 Å². The molecule has 2 rings (SSSR count). The topological polar surface area (TPSA) is 46.2 Å². The Bertz CT molecular complexity index is 377. The maximum absolute atomic E-state index is 11.7. The maximum Gasteiger partial charge on any atom is 0.150 e. The number of nitrogens with one attached hydrogen (secondary N) is 1. The molecule has 2 aliphatic rings. The second-order valence-corrected chi connectivity index (χ2v) is 8.77. The molecule has 0 spiro atoms. The summed E-state index contributed by atoms with van der Waals surface area (Å²) in [4.78, 5) is 0. The Kier molecular flexibility index (Phi) is 4.37. The first kappa shape index (κ1) is 14.3. The van der Waals surface area contributed by atoms with Gasteiger partial charge in [0.15, 0.2) is 9.84 Å². The van der Waals surface area contributed by atoms with E-state index < -0.39 is 9.84 Å². The first-order valence-corrected chi connectivity index (χ1v) is 9.12. The first-order valence-electron chi connectivity index (χ1n) is 7.30. The average Bonchev–Trinajstić information content (AvgIpc) is 2.68. The predicted octanol–water partition coefficient (Wildman–Crippen LogP) is 2.08. The van der Waals surface area contributed by atoms with Crippen molar-refractivity contribution < 1.29 is 8.42 Å². The third-order valence-corrected chi connectivity index (χ3v) is 6.92. The second kappa shape index (κ2) is 5.49. The molecular formula is C14H27NO2S. The molecule has 0 radical (unpaired) electrons. The van der Waals surface area contributed by atoms with Gasteiger partial charge in [-0.15, -0.1) is 0 Å². The van der Waals surface area contributed by atoms with Gasteiger partial charge in [0.2, 0.25) is 0 Å². The van der Waals surface area contributed by atoms with E-state index in [1.54, 1.807) is 0 Å². The van der Waals surface area contributed by atoms with Gasteiger partial charge in [0.05, 0.1) is 11.5 Å². The van der Waals surface area contributed by atoms with Gasteiger partial charge in [-0.3, -0.25) is 0 Å². The average molecular weight is 273 g/mol. The molecule has 4 atom stereocenters. The molecule has 18 heavy (non-hydrogen) atoms. The zero-order valence-electron chi connectivity index (χ0n) is 11.9. The van der Waals surface area contributed by atoms with Crippen LogP contribution in [0.4, 0.5) is 0 Å². The van der Waals surface area contributed by atoms with Gasteiger partial charge in [-0.2, -0.15) is 0 Å². The van der Waals surface area contributed by atoms with E-state index in [4.69, 9.17) is 0 Å². The van der Waals surface area contributed by atoms with Crippen molar-refractivity contribution in [2.24, 2.45) is 23.7 Å². The minimum Gasteiger partial charge on any atom is -0.317 e. The fraction of sp³-hybridized carbons (Fsp3) is 1.00. The number of hydrogen-bond donors (Lipinski definition) is 1. The highest BCUT2D eigenvalue weighted by Gasteiger charge is 2.40. The first-order chi connectivity index (χ1) is 8.43. The van der Waals surface area contributed by atoms with Crippen molar-refractivity contribution in [2.75, 3.05) is 18.6 Å². The summed E-state index contributed by atoms with van der Waals surface area (Å²) in [5.74, 6) is 3.31. The van der Waals surface area contributed by atoms with Gasteiger partial charge in [-0.1, -0.05) is 13.8 Å². The van der Waals surface area contributed by atoms with E-state index in [-0.39, 0.29) is 0 Å². The normalized spacial score (nSPS) is 40.2. The van der Waals surface area contributed by atoms with E-state index in [1.165, 1.54) is 19.3 Å². The zero-order valence-corrected chi connectivity index (χ0v) is 12.7. The van der Waals surface area contributed by atoms with Gasteiger partial charge in [0.1, 0.15) is 0 Å². The van der Waals surface area contributed by atoms with Crippen LogP contribution in [-0.2, 0) is 9.84 Å². The lowest BCUT2D eigenvalue weighted by atomic mass is 9.69. The Balaban J connectivity index is 2.07. The van der Waals surface area contributed by atoms with Gasteiger partial charge >= 0.3 is 0 Å². The summed E-state index contributed by atoms with van der Waals surface area (Å²) in [6.07, 6.45) is 4.60. The molecule has 0 aromatic rings. The Labute approximate surface area is 112 Å². The van der Waals surface area contributed by atoms with Crippen LogP contribution in [0.15, 0.2) is 0 Å². The van der Waals surface area contributed by atoms with E-state index >= 15 is 0 Å². The van der Waals surface area contributed by atoms with Gasteiger partial charge in [-0.25, -0.2) is 8.42 Å². The van der Waals surface area contributed by atoms with Crippen LogP contribution in [0.1, 0.15) is 39.5 Å². The van der Waals surface area contributed by atoms with Crippen LogP contribution in [0, 0.1) is 23.7 Å². The summed E-state index contributed by atoms with van der Waals surface area (Å²) < 4.78 is 23.3. The lowest BCUT2D eigenvalue weighted by Crippen LogP contribution is -2.43. The van der Waals surface area contributed by atoms with Crippen molar-refractivity contribution in [1.29, 1.82) is 0 Å². The second-order valence-electron chi connectivity index (χ2n) is 6.54. The molecule has 106 valence electrons. The summed E-state index contributed by atoms with van der Waals surface area (Å²) in [5.41, 5.74) is 0. The molecular weight excluding hydrogens is 246 g/mol. The molecule has 2 fully saturated rings. The van der Waals surface area contributed by atoms with E-state index in [0.29, 0.717) is 29.4 Å². The minimum absolute atomic E-state index is 0.397. The molecule has 1 aliphatic heterocycles. The third kappa shape index (κ3) is 3.08. The molecule has 1 aliphatic carbocycles. The number of sulfone groups is 1. The van der Waals surface area contributed by atoms with Crippen LogP contribution >= 0.6 is 0 Å². The SMILES string of the molecule is CNC1CCC(C(C)C)CC1C1CCS(=O)(=O)C1. The highest BCUT2D eigenvalue weighted by Crippen LogP contribution is 2.40. The molecule has 1 saturated carbocycles. The van der Waals surface area contributed by atoms with Crippen molar-refractivity contribution >= 4 is 9.84 Å². The van der Waals surface area contributed by atoms with Gasteiger partial charge in [-0.05, 0) is 56.4 Å². The zero-order chi connectivity index (χ0) is 13.3. The molecule has 1 saturated heterocycles. The molecule has 1 heterocycles.